The molecule has 0 aliphatic carbocycles. The van der Waals surface area contributed by atoms with E-state index >= 15 is 0 Å². The summed E-state index contributed by atoms with van der Waals surface area (Å²) in [6.45, 7) is 6.34. The maximum absolute atomic E-state index is 12.3. The van der Waals surface area contributed by atoms with Gasteiger partial charge >= 0.3 is 0 Å². The number of piperidine rings is 1. The van der Waals surface area contributed by atoms with E-state index in [-0.39, 0.29) is 11.3 Å². The first kappa shape index (κ1) is 16.5. The van der Waals surface area contributed by atoms with Crippen LogP contribution < -0.4 is 5.32 Å². The Morgan fingerprint density at radius 3 is 2.78 bits per heavy atom. The summed E-state index contributed by atoms with van der Waals surface area (Å²) in [6.07, 6.45) is 4.21. The van der Waals surface area contributed by atoms with E-state index in [1.165, 1.54) is 12.0 Å². The number of carbonyl (C=O) groups is 1. The molecule has 2 fully saturated rings. The lowest BCUT2D eigenvalue weighted by atomic mass is 9.76. The zero-order valence-corrected chi connectivity index (χ0v) is 14.1. The number of hydrogen-bond donors (Lipinski definition) is 1. The van der Waals surface area contributed by atoms with Gasteiger partial charge in [0, 0.05) is 31.2 Å². The minimum absolute atomic E-state index is 0.151. The van der Waals surface area contributed by atoms with Crippen LogP contribution in [0.15, 0.2) is 30.3 Å². The van der Waals surface area contributed by atoms with Crippen LogP contribution in [0.4, 0.5) is 0 Å². The molecular weight excluding hydrogens is 288 g/mol. The van der Waals surface area contributed by atoms with Crippen LogP contribution in [-0.2, 0) is 14.9 Å². The number of benzene rings is 1. The van der Waals surface area contributed by atoms with Crippen LogP contribution in [0.5, 0.6) is 0 Å². The molecular formula is C19H28N2O2. The van der Waals surface area contributed by atoms with Crippen molar-refractivity contribution in [2.75, 3.05) is 32.8 Å². The van der Waals surface area contributed by atoms with Crippen molar-refractivity contribution in [2.45, 2.75) is 44.1 Å². The molecule has 0 spiro atoms. The molecule has 0 unspecified atom stereocenters. The zero-order chi connectivity index (χ0) is 16.1. The Balaban J connectivity index is 1.55. The summed E-state index contributed by atoms with van der Waals surface area (Å²) in [7, 11) is 0. The minimum Gasteiger partial charge on any atom is -0.381 e. The molecule has 1 aromatic rings. The normalized spacial score (nSPS) is 26.8. The molecule has 23 heavy (non-hydrogen) atoms. The van der Waals surface area contributed by atoms with Crippen LogP contribution in [0.2, 0.25) is 0 Å². The molecule has 1 aromatic carbocycles. The molecule has 1 atom stereocenters. The Labute approximate surface area is 139 Å². The van der Waals surface area contributed by atoms with E-state index in [0.717, 1.165) is 45.6 Å². The Morgan fingerprint density at radius 2 is 2.04 bits per heavy atom. The minimum atomic E-state index is 0.151. The number of amides is 1. The number of likely N-dealkylation sites (tertiary alicyclic amines) is 1. The molecule has 2 aliphatic rings. The maximum atomic E-state index is 12.3. The first-order valence-electron chi connectivity index (χ1n) is 8.81. The topological polar surface area (TPSA) is 41.6 Å². The van der Waals surface area contributed by atoms with Crippen molar-refractivity contribution < 1.29 is 9.53 Å². The standard InChI is InChI=1S/C19H28N2O2/c1-19(16-6-3-2-4-7-16)10-5-11-21(15-19)14-18(22)20-17-8-12-23-13-9-17/h2-4,6-7,17H,5,8-15H2,1H3,(H,20,22)/t19-/m1/s1. The average molecular weight is 316 g/mol. The second-order valence-electron chi connectivity index (χ2n) is 7.20. The van der Waals surface area contributed by atoms with Gasteiger partial charge < -0.3 is 10.1 Å². The van der Waals surface area contributed by atoms with Crippen LogP contribution in [0.25, 0.3) is 0 Å². The third kappa shape index (κ3) is 4.33. The number of ether oxygens (including phenoxy) is 1. The van der Waals surface area contributed by atoms with Gasteiger partial charge in [-0.25, -0.2) is 0 Å². The lowest BCUT2D eigenvalue weighted by Crippen LogP contribution is -2.50. The van der Waals surface area contributed by atoms with E-state index in [9.17, 15) is 4.79 Å². The molecule has 4 heteroatoms. The SMILES string of the molecule is C[C@@]1(c2ccccc2)CCCN(CC(=O)NC2CCOCC2)C1. The summed E-state index contributed by atoms with van der Waals surface area (Å²) in [5.41, 5.74) is 1.54. The van der Waals surface area contributed by atoms with Gasteiger partial charge in [0.25, 0.3) is 0 Å². The average Bonchev–Trinajstić information content (AvgIpc) is 2.56. The van der Waals surface area contributed by atoms with E-state index < -0.39 is 0 Å². The van der Waals surface area contributed by atoms with Crippen LogP contribution in [-0.4, -0.2) is 49.7 Å². The van der Waals surface area contributed by atoms with E-state index in [1.807, 2.05) is 0 Å². The van der Waals surface area contributed by atoms with Crippen molar-refractivity contribution in [2.24, 2.45) is 0 Å². The number of nitrogens with zero attached hydrogens (tertiary/aromatic N) is 1. The van der Waals surface area contributed by atoms with Crippen LogP contribution in [0.3, 0.4) is 0 Å². The van der Waals surface area contributed by atoms with Crippen molar-refractivity contribution in [1.29, 1.82) is 0 Å². The molecule has 0 radical (unpaired) electrons. The first-order valence-corrected chi connectivity index (χ1v) is 8.81. The van der Waals surface area contributed by atoms with Gasteiger partial charge in [-0.2, -0.15) is 0 Å². The molecule has 2 saturated heterocycles. The van der Waals surface area contributed by atoms with E-state index in [0.29, 0.717) is 12.6 Å². The van der Waals surface area contributed by atoms with Crippen LogP contribution in [0, 0.1) is 0 Å². The van der Waals surface area contributed by atoms with Gasteiger partial charge in [-0.3, -0.25) is 9.69 Å². The second-order valence-corrected chi connectivity index (χ2v) is 7.20. The maximum Gasteiger partial charge on any atom is 0.234 e. The second kappa shape index (κ2) is 7.45. The molecule has 4 nitrogen and oxygen atoms in total. The van der Waals surface area contributed by atoms with Gasteiger partial charge in [-0.15, -0.1) is 0 Å². The van der Waals surface area contributed by atoms with Crippen molar-refractivity contribution >= 4 is 5.91 Å². The Morgan fingerprint density at radius 1 is 1.30 bits per heavy atom. The molecule has 126 valence electrons. The van der Waals surface area contributed by atoms with Gasteiger partial charge in [0.15, 0.2) is 0 Å². The monoisotopic (exact) mass is 316 g/mol. The fraction of sp³-hybridized carbons (Fsp3) is 0.632. The van der Waals surface area contributed by atoms with Crippen molar-refractivity contribution in [3.63, 3.8) is 0 Å². The third-order valence-electron chi connectivity index (χ3n) is 5.20. The quantitative estimate of drug-likeness (QED) is 0.927. The summed E-state index contributed by atoms with van der Waals surface area (Å²) in [4.78, 5) is 14.6. The summed E-state index contributed by atoms with van der Waals surface area (Å²) in [5.74, 6) is 0.161. The molecule has 0 aromatic heterocycles. The molecule has 3 rings (SSSR count). The van der Waals surface area contributed by atoms with E-state index in [2.05, 4.69) is 47.5 Å². The molecule has 2 aliphatic heterocycles. The van der Waals surface area contributed by atoms with Crippen molar-refractivity contribution in [1.82, 2.24) is 10.2 Å². The zero-order valence-electron chi connectivity index (χ0n) is 14.1. The highest BCUT2D eigenvalue weighted by atomic mass is 16.5. The summed E-state index contributed by atoms with van der Waals surface area (Å²) in [5, 5.41) is 3.17. The van der Waals surface area contributed by atoms with Gasteiger partial charge in [0.05, 0.1) is 6.54 Å². The molecule has 2 heterocycles. The Kier molecular flexibility index (Phi) is 5.34. The fourth-order valence-electron chi connectivity index (χ4n) is 3.87. The lowest BCUT2D eigenvalue weighted by molar-refractivity contribution is -0.124. The predicted molar refractivity (Wildman–Crippen MR) is 91.5 cm³/mol. The van der Waals surface area contributed by atoms with Crippen LogP contribution >= 0.6 is 0 Å². The lowest BCUT2D eigenvalue weighted by Gasteiger charge is -2.41. The molecule has 1 amide bonds. The smallest absolute Gasteiger partial charge is 0.234 e. The Bertz CT molecular complexity index is 513. The highest BCUT2D eigenvalue weighted by molar-refractivity contribution is 5.78. The highest BCUT2D eigenvalue weighted by Crippen LogP contribution is 2.33. The fourth-order valence-corrected chi connectivity index (χ4v) is 3.87. The molecule has 0 bridgehead atoms. The summed E-state index contributed by atoms with van der Waals surface area (Å²) >= 11 is 0. The summed E-state index contributed by atoms with van der Waals surface area (Å²) in [6, 6.07) is 11.0. The highest BCUT2D eigenvalue weighted by Gasteiger charge is 2.33. The van der Waals surface area contributed by atoms with Gasteiger partial charge in [-0.05, 0) is 37.8 Å². The largest absolute Gasteiger partial charge is 0.381 e. The molecule has 1 N–H and O–H groups in total. The van der Waals surface area contributed by atoms with E-state index in [1.54, 1.807) is 0 Å². The third-order valence-corrected chi connectivity index (χ3v) is 5.20. The number of hydrogen-bond acceptors (Lipinski definition) is 3. The number of nitrogens with one attached hydrogen (secondary N) is 1. The molecule has 0 saturated carbocycles. The van der Waals surface area contributed by atoms with Gasteiger partial charge in [0.2, 0.25) is 5.91 Å². The first-order chi connectivity index (χ1) is 11.2. The number of carbonyl (C=O) groups excluding carboxylic acids is 1. The van der Waals surface area contributed by atoms with Crippen LogP contribution in [0.1, 0.15) is 38.2 Å². The summed E-state index contributed by atoms with van der Waals surface area (Å²) < 4.78 is 5.35. The van der Waals surface area contributed by atoms with Crippen molar-refractivity contribution in [3.8, 4) is 0 Å². The van der Waals surface area contributed by atoms with Gasteiger partial charge in [-0.1, -0.05) is 37.3 Å². The number of rotatable bonds is 4. The Hall–Kier alpha value is -1.39. The van der Waals surface area contributed by atoms with Crippen molar-refractivity contribution in [3.05, 3.63) is 35.9 Å². The van der Waals surface area contributed by atoms with E-state index in [4.69, 9.17) is 4.74 Å². The van der Waals surface area contributed by atoms with Gasteiger partial charge in [0.1, 0.15) is 0 Å². The predicted octanol–water partition coefficient (Wildman–Crippen LogP) is 2.34.